The molecule has 28 heavy (non-hydrogen) atoms. The Morgan fingerprint density at radius 2 is 1.36 bits per heavy atom. The van der Waals surface area contributed by atoms with Crippen LogP contribution in [0.5, 0.6) is 0 Å². The molecule has 1 aliphatic rings. The summed E-state index contributed by atoms with van der Waals surface area (Å²) >= 11 is 0. The first kappa shape index (κ1) is 15.8. The maximum Gasteiger partial charge on any atom is 0.0786 e. The number of fused-ring (bicyclic) bond motifs is 6. The first-order valence-electron chi connectivity index (χ1n) is 10.2. The summed E-state index contributed by atoms with van der Waals surface area (Å²) < 4.78 is 0. The van der Waals surface area contributed by atoms with Crippen molar-refractivity contribution in [3.05, 3.63) is 90.1 Å². The van der Waals surface area contributed by atoms with Gasteiger partial charge in [-0.1, -0.05) is 60.7 Å². The average molecular weight is 359 g/mol. The molecule has 5 aromatic rings. The molecule has 0 aliphatic heterocycles. The van der Waals surface area contributed by atoms with Gasteiger partial charge in [-0.15, -0.1) is 0 Å². The molecule has 1 aliphatic carbocycles. The van der Waals surface area contributed by atoms with Crippen molar-refractivity contribution in [3.63, 3.8) is 0 Å². The molecule has 0 N–H and O–H groups in total. The van der Waals surface area contributed by atoms with Gasteiger partial charge in [-0.3, -0.25) is 4.98 Å². The highest BCUT2D eigenvalue weighted by Gasteiger charge is 2.17. The van der Waals surface area contributed by atoms with Crippen LogP contribution in [0, 0.1) is 0 Å². The van der Waals surface area contributed by atoms with Gasteiger partial charge in [0.25, 0.3) is 0 Å². The standard InChI is InChI=1S/C27H21N/c1-3-9-20-18(7-1)13-14-24-22-11-5-6-12-23(22)26(17-25(20)24)27-21-10-4-2-8-19(21)15-16-28-27/h2,4-6,8,10-17H,1,3,7,9H2. The Morgan fingerprint density at radius 3 is 2.29 bits per heavy atom. The SMILES string of the molecule is c1ccc2c(-c3cc4c5c(ccc4c4ccccc34)CCCC5)nccc2c1. The molecule has 4 aromatic carbocycles. The predicted molar refractivity (Wildman–Crippen MR) is 119 cm³/mol. The molecule has 1 aromatic heterocycles. The third-order valence-corrected chi connectivity index (χ3v) is 6.30. The third kappa shape index (κ3) is 2.29. The van der Waals surface area contributed by atoms with Gasteiger partial charge in [0, 0.05) is 17.1 Å². The lowest BCUT2D eigenvalue weighted by atomic mass is 9.84. The van der Waals surface area contributed by atoms with Crippen molar-refractivity contribution in [3.8, 4) is 11.3 Å². The molecule has 134 valence electrons. The number of hydrogen-bond acceptors (Lipinski definition) is 1. The highest BCUT2D eigenvalue weighted by atomic mass is 14.7. The summed E-state index contributed by atoms with van der Waals surface area (Å²) in [6.07, 6.45) is 6.94. The van der Waals surface area contributed by atoms with Gasteiger partial charge in [0.1, 0.15) is 0 Å². The minimum Gasteiger partial charge on any atom is -0.256 e. The van der Waals surface area contributed by atoms with E-state index >= 15 is 0 Å². The van der Waals surface area contributed by atoms with Gasteiger partial charge in [-0.2, -0.15) is 0 Å². The Balaban J connectivity index is 1.78. The van der Waals surface area contributed by atoms with Gasteiger partial charge < -0.3 is 0 Å². The monoisotopic (exact) mass is 359 g/mol. The topological polar surface area (TPSA) is 12.9 Å². The number of pyridine rings is 1. The molecule has 0 saturated heterocycles. The second-order valence-electron chi connectivity index (χ2n) is 7.86. The number of hydrogen-bond donors (Lipinski definition) is 0. The van der Waals surface area contributed by atoms with Crippen LogP contribution in [0.4, 0.5) is 0 Å². The molecular weight excluding hydrogens is 338 g/mol. The molecule has 0 fully saturated rings. The van der Waals surface area contributed by atoms with Crippen molar-refractivity contribution in [1.29, 1.82) is 0 Å². The van der Waals surface area contributed by atoms with E-state index in [1.54, 1.807) is 5.56 Å². The van der Waals surface area contributed by atoms with E-state index in [2.05, 4.69) is 72.8 Å². The Bertz CT molecular complexity index is 1360. The van der Waals surface area contributed by atoms with Gasteiger partial charge in [0.05, 0.1) is 5.69 Å². The van der Waals surface area contributed by atoms with E-state index in [1.807, 2.05) is 6.20 Å². The molecule has 0 unspecified atom stereocenters. The summed E-state index contributed by atoms with van der Waals surface area (Å²) in [6, 6.07) is 26.6. The number of aromatic nitrogens is 1. The first-order valence-corrected chi connectivity index (χ1v) is 10.2. The van der Waals surface area contributed by atoms with E-state index in [1.165, 1.54) is 69.1 Å². The van der Waals surface area contributed by atoms with Crippen LogP contribution < -0.4 is 0 Å². The zero-order chi connectivity index (χ0) is 18.5. The summed E-state index contributed by atoms with van der Waals surface area (Å²) in [4.78, 5) is 4.85. The van der Waals surface area contributed by atoms with Crippen LogP contribution in [-0.4, -0.2) is 4.98 Å². The molecule has 1 nitrogen and oxygen atoms in total. The maximum atomic E-state index is 4.85. The molecule has 0 radical (unpaired) electrons. The van der Waals surface area contributed by atoms with Crippen LogP contribution in [0.15, 0.2) is 79.0 Å². The van der Waals surface area contributed by atoms with Crippen LogP contribution in [0.25, 0.3) is 43.6 Å². The summed E-state index contributed by atoms with van der Waals surface area (Å²) in [5, 5.41) is 7.87. The van der Waals surface area contributed by atoms with E-state index in [-0.39, 0.29) is 0 Å². The van der Waals surface area contributed by atoms with Crippen molar-refractivity contribution >= 4 is 32.3 Å². The summed E-state index contributed by atoms with van der Waals surface area (Å²) in [5.41, 5.74) is 5.42. The van der Waals surface area contributed by atoms with Crippen LogP contribution in [-0.2, 0) is 12.8 Å². The molecule has 0 atom stereocenters. The minimum absolute atomic E-state index is 1.09. The van der Waals surface area contributed by atoms with Gasteiger partial charge >= 0.3 is 0 Å². The predicted octanol–water partition coefficient (Wildman–Crippen LogP) is 7.09. The van der Waals surface area contributed by atoms with Gasteiger partial charge in [-0.05, 0) is 75.9 Å². The van der Waals surface area contributed by atoms with Crippen LogP contribution >= 0.6 is 0 Å². The highest BCUT2D eigenvalue weighted by molar-refractivity contribution is 6.16. The van der Waals surface area contributed by atoms with Gasteiger partial charge in [-0.25, -0.2) is 0 Å². The third-order valence-electron chi connectivity index (χ3n) is 6.30. The zero-order valence-corrected chi connectivity index (χ0v) is 15.8. The summed E-state index contributed by atoms with van der Waals surface area (Å²) in [5.74, 6) is 0. The fourth-order valence-electron chi connectivity index (χ4n) is 4.96. The van der Waals surface area contributed by atoms with Crippen LogP contribution in [0.2, 0.25) is 0 Å². The van der Waals surface area contributed by atoms with Gasteiger partial charge in [0.2, 0.25) is 0 Å². The second kappa shape index (κ2) is 6.17. The van der Waals surface area contributed by atoms with E-state index in [4.69, 9.17) is 4.98 Å². The lowest BCUT2D eigenvalue weighted by molar-refractivity contribution is 0.690. The van der Waals surface area contributed by atoms with Crippen molar-refractivity contribution in [1.82, 2.24) is 4.98 Å². The lowest BCUT2D eigenvalue weighted by Crippen LogP contribution is -2.03. The quantitative estimate of drug-likeness (QED) is 0.291. The van der Waals surface area contributed by atoms with Crippen molar-refractivity contribution in [2.75, 3.05) is 0 Å². The fraction of sp³-hybridized carbons (Fsp3) is 0.148. The van der Waals surface area contributed by atoms with E-state index in [0.717, 1.165) is 5.69 Å². The van der Waals surface area contributed by atoms with Crippen molar-refractivity contribution < 1.29 is 0 Å². The Hall–Kier alpha value is -3.19. The molecular formula is C27H21N. The molecule has 0 bridgehead atoms. The molecule has 0 amide bonds. The normalized spacial score (nSPS) is 13.9. The van der Waals surface area contributed by atoms with E-state index < -0.39 is 0 Å². The number of rotatable bonds is 1. The molecule has 1 heteroatoms. The lowest BCUT2D eigenvalue weighted by Gasteiger charge is -2.20. The number of nitrogens with zero attached hydrogens (tertiary/aromatic N) is 1. The Labute approximate surface area is 164 Å². The van der Waals surface area contributed by atoms with Crippen molar-refractivity contribution in [2.45, 2.75) is 25.7 Å². The number of benzene rings is 4. The fourth-order valence-corrected chi connectivity index (χ4v) is 4.96. The highest BCUT2D eigenvalue weighted by Crippen LogP contribution is 2.39. The smallest absolute Gasteiger partial charge is 0.0786 e. The van der Waals surface area contributed by atoms with Crippen LogP contribution in [0.1, 0.15) is 24.0 Å². The number of aryl methyl sites for hydroxylation is 2. The first-order chi connectivity index (χ1) is 13.9. The second-order valence-corrected chi connectivity index (χ2v) is 7.86. The Kier molecular flexibility index (Phi) is 3.49. The Morgan fingerprint density at radius 1 is 0.607 bits per heavy atom. The van der Waals surface area contributed by atoms with E-state index in [9.17, 15) is 0 Å². The minimum atomic E-state index is 1.09. The molecule has 0 saturated carbocycles. The average Bonchev–Trinajstić information content (AvgIpc) is 2.78. The molecule has 0 spiro atoms. The maximum absolute atomic E-state index is 4.85. The summed E-state index contributed by atoms with van der Waals surface area (Å²) in [7, 11) is 0. The summed E-state index contributed by atoms with van der Waals surface area (Å²) in [6.45, 7) is 0. The largest absolute Gasteiger partial charge is 0.256 e. The van der Waals surface area contributed by atoms with E-state index in [0.29, 0.717) is 0 Å². The molecule has 6 rings (SSSR count). The van der Waals surface area contributed by atoms with Crippen LogP contribution in [0.3, 0.4) is 0 Å². The van der Waals surface area contributed by atoms with Gasteiger partial charge in [0.15, 0.2) is 0 Å². The molecule has 1 heterocycles. The zero-order valence-electron chi connectivity index (χ0n) is 15.8. The van der Waals surface area contributed by atoms with Crippen molar-refractivity contribution in [2.24, 2.45) is 0 Å².